The van der Waals surface area contributed by atoms with Crippen LogP contribution in [-0.2, 0) is 14.9 Å². The van der Waals surface area contributed by atoms with Crippen molar-refractivity contribution in [1.82, 2.24) is 0 Å². The molecule has 0 fully saturated rings. The van der Waals surface area contributed by atoms with Crippen LogP contribution in [0.25, 0.3) is 0 Å². The predicted octanol–water partition coefficient (Wildman–Crippen LogP) is 2.42. The van der Waals surface area contributed by atoms with Gasteiger partial charge < -0.3 is 10.2 Å². The Morgan fingerprint density at radius 1 is 1.20 bits per heavy atom. The molecule has 0 aromatic heterocycles. The van der Waals surface area contributed by atoms with Gasteiger partial charge in [0.15, 0.2) is 0 Å². The van der Waals surface area contributed by atoms with Gasteiger partial charge in [0.1, 0.15) is 11.6 Å². The summed E-state index contributed by atoms with van der Waals surface area (Å²) in [5, 5.41) is 11.6. The molecule has 0 bridgehead atoms. The SMILES string of the molecule is CN(/C=C(/C#N)C(=O)Nc1cccc(S(=O)(=O)O)c1)c1ccccc1. The second kappa shape index (κ2) is 7.61. The average Bonchev–Trinajstić information content (AvgIpc) is 2.59. The molecule has 0 saturated heterocycles. The first kappa shape index (κ1) is 18.2. The maximum Gasteiger partial charge on any atom is 0.294 e. The number of hydrogen-bond donors (Lipinski definition) is 2. The Kier molecular flexibility index (Phi) is 5.54. The Morgan fingerprint density at radius 3 is 2.48 bits per heavy atom. The van der Waals surface area contributed by atoms with Crippen LogP contribution in [0.3, 0.4) is 0 Å². The minimum atomic E-state index is -4.38. The molecule has 1 amide bonds. The summed E-state index contributed by atoms with van der Waals surface area (Å²) in [7, 11) is -2.69. The minimum absolute atomic E-state index is 0.142. The lowest BCUT2D eigenvalue weighted by atomic mass is 10.2. The van der Waals surface area contributed by atoms with E-state index >= 15 is 0 Å². The Morgan fingerprint density at radius 2 is 1.88 bits per heavy atom. The van der Waals surface area contributed by atoms with Crippen molar-refractivity contribution in [1.29, 1.82) is 5.26 Å². The number of rotatable bonds is 5. The van der Waals surface area contributed by atoms with Crippen molar-refractivity contribution >= 4 is 27.4 Å². The van der Waals surface area contributed by atoms with Crippen molar-refractivity contribution in [2.24, 2.45) is 0 Å². The maximum atomic E-state index is 12.2. The molecule has 128 valence electrons. The molecule has 2 aromatic carbocycles. The van der Waals surface area contributed by atoms with Gasteiger partial charge in [-0.2, -0.15) is 13.7 Å². The highest BCUT2D eigenvalue weighted by Gasteiger charge is 2.14. The molecule has 2 aromatic rings. The van der Waals surface area contributed by atoms with Crippen LogP contribution in [0.15, 0.2) is 71.3 Å². The van der Waals surface area contributed by atoms with Crippen molar-refractivity contribution in [3.8, 4) is 6.07 Å². The number of carbonyl (C=O) groups excluding carboxylic acids is 1. The van der Waals surface area contributed by atoms with Crippen LogP contribution in [0.4, 0.5) is 11.4 Å². The molecule has 8 heteroatoms. The molecule has 2 N–H and O–H groups in total. The van der Waals surface area contributed by atoms with E-state index in [2.05, 4.69) is 5.32 Å². The highest BCUT2D eigenvalue weighted by molar-refractivity contribution is 7.85. The van der Waals surface area contributed by atoms with Gasteiger partial charge in [-0.3, -0.25) is 9.35 Å². The third kappa shape index (κ3) is 4.91. The van der Waals surface area contributed by atoms with Crippen LogP contribution in [0, 0.1) is 11.3 Å². The van der Waals surface area contributed by atoms with Gasteiger partial charge in [-0.1, -0.05) is 24.3 Å². The lowest BCUT2D eigenvalue weighted by Crippen LogP contribution is -2.18. The highest BCUT2D eigenvalue weighted by atomic mass is 32.2. The van der Waals surface area contributed by atoms with E-state index in [1.807, 2.05) is 36.4 Å². The Labute approximate surface area is 145 Å². The van der Waals surface area contributed by atoms with Gasteiger partial charge in [-0.05, 0) is 30.3 Å². The largest absolute Gasteiger partial charge is 0.350 e. The summed E-state index contributed by atoms with van der Waals surface area (Å²) in [6.45, 7) is 0. The summed E-state index contributed by atoms with van der Waals surface area (Å²) in [5.41, 5.74) is 0.767. The molecule has 0 aliphatic heterocycles. The molecule has 0 atom stereocenters. The molecule has 0 saturated carbocycles. The van der Waals surface area contributed by atoms with Crippen molar-refractivity contribution in [2.75, 3.05) is 17.3 Å². The number of nitrogens with zero attached hydrogens (tertiary/aromatic N) is 2. The topological polar surface area (TPSA) is 111 Å². The summed E-state index contributed by atoms with van der Waals surface area (Å²) in [4.78, 5) is 13.5. The van der Waals surface area contributed by atoms with Gasteiger partial charge >= 0.3 is 0 Å². The summed E-state index contributed by atoms with van der Waals surface area (Å²) in [5.74, 6) is -0.697. The third-order valence-electron chi connectivity index (χ3n) is 3.24. The Hall–Kier alpha value is -3.15. The van der Waals surface area contributed by atoms with Crippen LogP contribution in [0.5, 0.6) is 0 Å². The molecule has 2 rings (SSSR count). The molecule has 0 unspecified atom stereocenters. The fraction of sp³-hybridized carbons (Fsp3) is 0.0588. The van der Waals surface area contributed by atoms with E-state index < -0.39 is 16.0 Å². The number of carbonyl (C=O) groups is 1. The zero-order chi connectivity index (χ0) is 18.4. The van der Waals surface area contributed by atoms with Crippen molar-refractivity contribution in [3.05, 3.63) is 66.4 Å². The maximum absolute atomic E-state index is 12.2. The Bertz CT molecular complexity index is 947. The standard InChI is InChI=1S/C17H15N3O4S/c1-20(15-7-3-2-4-8-15)12-13(11-18)17(21)19-14-6-5-9-16(10-14)25(22,23)24/h2-10,12H,1H3,(H,19,21)(H,22,23,24)/b13-12-. The number of nitriles is 1. The number of para-hydroxylation sites is 1. The number of anilines is 2. The second-order valence-corrected chi connectivity index (χ2v) is 6.48. The number of benzene rings is 2. The van der Waals surface area contributed by atoms with E-state index in [0.29, 0.717) is 0 Å². The molecule has 0 aliphatic carbocycles. The fourth-order valence-electron chi connectivity index (χ4n) is 2.00. The first-order chi connectivity index (χ1) is 11.8. The molecular formula is C17H15N3O4S. The van der Waals surface area contributed by atoms with Crippen molar-refractivity contribution < 1.29 is 17.8 Å². The summed E-state index contributed by atoms with van der Waals surface area (Å²) in [6.07, 6.45) is 1.37. The van der Waals surface area contributed by atoms with Gasteiger partial charge in [-0.15, -0.1) is 0 Å². The lowest BCUT2D eigenvalue weighted by Gasteiger charge is -2.14. The zero-order valence-corrected chi connectivity index (χ0v) is 14.1. The molecule has 0 aliphatic rings. The van der Waals surface area contributed by atoms with E-state index in [0.717, 1.165) is 11.8 Å². The van der Waals surface area contributed by atoms with E-state index in [4.69, 9.17) is 4.55 Å². The molecular weight excluding hydrogens is 342 g/mol. The van der Waals surface area contributed by atoms with E-state index in [1.54, 1.807) is 11.9 Å². The predicted molar refractivity (Wildman–Crippen MR) is 93.4 cm³/mol. The number of nitrogens with one attached hydrogen (secondary N) is 1. The number of amides is 1. The summed E-state index contributed by atoms with van der Waals surface area (Å²) >= 11 is 0. The molecule has 0 spiro atoms. The first-order valence-electron chi connectivity index (χ1n) is 7.10. The van der Waals surface area contributed by atoms with E-state index in [9.17, 15) is 18.5 Å². The average molecular weight is 357 g/mol. The van der Waals surface area contributed by atoms with Gasteiger partial charge in [-0.25, -0.2) is 0 Å². The van der Waals surface area contributed by atoms with Crippen LogP contribution in [0.1, 0.15) is 0 Å². The van der Waals surface area contributed by atoms with Gasteiger partial charge in [0.2, 0.25) is 0 Å². The Balaban J connectivity index is 2.21. The number of hydrogen-bond acceptors (Lipinski definition) is 5. The first-order valence-corrected chi connectivity index (χ1v) is 8.54. The molecule has 0 radical (unpaired) electrons. The van der Waals surface area contributed by atoms with Gasteiger partial charge in [0.25, 0.3) is 16.0 Å². The van der Waals surface area contributed by atoms with Crippen LogP contribution >= 0.6 is 0 Å². The molecule has 0 heterocycles. The monoisotopic (exact) mass is 357 g/mol. The smallest absolute Gasteiger partial charge is 0.294 e. The van der Waals surface area contributed by atoms with Gasteiger partial charge in [0.05, 0.1) is 4.90 Å². The van der Waals surface area contributed by atoms with Crippen molar-refractivity contribution in [3.63, 3.8) is 0 Å². The van der Waals surface area contributed by atoms with Crippen LogP contribution in [-0.4, -0.2) is 25.9 Å². The summed E-state index contributed by atoms with van der Waals surface area (Å²) in [6, 6.07) is 16.0. The van der Waals surface area contributed by atoms with E-state index in [1.165, 1.54) is 24.4 Å². The second-order valence-electron chi connectivity index (χ2n) is 5.06. The van der Waals surface area contributed by atoms with Crippen molar-refractivity contribution in [2.45, 2.75) is 4.90 Å². The van der Waals surface area contributed by atoms with E-state index in [-0.39, 0.29) is 16.2 Å². The fourth-order valence-corrected chi connectivity index (χ4v) is 2.53. The molecule has 7 nitrogen and oxygen atoms in total. The highest BCUT2D eigenvalue weighted by Crippen LogP contribution is 2.17. The van der Waals surface area contributed by atoms with Crippen LogP contribution in [0.2, 0.25) is 0 Å². The quantitative estimate of drug-likeness (QED) is 0.483. The zero-order valence-electron chi connectivity index (χ0n) is 13.2. The molecule has 25 heavy (non-hydrogen) atoms. The van der Waals surface area contributed by atoms with Gasteiger partial charge in [0, 0.05) is 24.6 Å². The normalized spacial score (nSPS) is 11.5. The van der Waals surface area contributed by atoms with Crippen LogP contribution < -0.4 is 10.2 Å². The minimum Gasteiger partial charge on any atom is -0.350 e. The summed E-state index contributed by atoms with van der Waals surface area (Å²) < 4.78 is 31.3. The third-order valence-corrected chi connectivity index (χ3v) is 4.09. The lowest BCUT2D eigenvalue weighted by molar-refractivity contribution is -0.112.